The summed E-state index contributed by atoms with van der Waals surface area (Å²) in [6.45, 7) is 0. The van der Waals surface area contributed by atoms with Gasteiger partial charge < -0.3 is 11.1 Å². The van der Waals surface area contributed by atoms with Gasteiger partial charge in [0.25, 0.3) is 5.91 Å². The zero-order valence-electron chi connectivity index (χ0n) is 7.34. The van der Waals surface area contributed by atoms with Gasteiger partial charge in [0.15, 0.2) is 11.7 Å². The van der Waals surface area contributed by atoms with Crippen molar-refractivity contribution in [2.45, 2.75) is 12.8 Å². The van der Waals surface area contributed by atoms with Gasteiger partial charge in [-0.2, -0.15) is 0 Å². The molecule has 0 heterocycles. The lowest BCUT2D eigenvalue weighted by Crippen LogP contribution is -2.36. The number of rotatable bonds is 3. The second kappa shape index (κ2) is 3.99. The summed E-state index contributed by atoms with van der Waals surface area (Å²) in [5, 5.41) is 8.80. The molecule has 0 spiro atoms. The van der Waals surface area contributed by atoms with Crippen molar-refractivity contribution in [2.75, 3.05) is 0 Å². The fourth-order valence-electron chi connectivity index (χ4n) is 0.849. The number of halogens is 1. The summed E-state index contributed by atoms with van der Waals surface area (Å²) in [5.74, 6) is -3.64. The number of ketones is 1. The fraction of sp³-hybridized carbons (Fsp3) is 0.375. The lowest BCUT2D eigenvalue weighted by Gasteiger charge is -2.02. The summed E-state index contributed by atoms with van der Waals surface area (Å²) in [5.41, 5.74) is 4.78. The molecular formula is C8H10FN3O2. The van der Waals surface area contributed by atoms with E-state index in [0.29, 0.717) is 19.0 Å². The van der Waals surface area contributed by atoms with Gasteiger partial charge in [-0.05, 0) is 12.8 Å². The van der Waals surface area contributed by atoms with Crippen LogP contribution >= 0.6 is 0 Å². The first-order valence-corrected chi connectivity index (χ1v) is 4.07. The Bertz CT molecular complexity index is 321. The van der Waals surface area contributed by atoms with Gasteiger partial charge in [0.2, 0.25) is 5.78 Å². The van der Waals surface area contributed by atoms with Crippen LogP contribution in [0.5, 0.6) is 0 Å². The molecule has 76 valence electrons. The van der Waals surface area contributed by atoms with Gasteiger partial charge in [-0.15, -0.1) is 0 Å². The van der Waals surface area contributed by atoms with Gasteiger partial charge in [0, 0.05) is 12.1 Å². The van der Waals surface area contributed by atoms with Crippen molar-refractivity contribution >= 4 is 17.5 Å². The third-order valence-corrected chi connectivity index (χ3v) is 1.80. The molecule has 0 radical (unpaired) electrons. The minimum atomic E-state index is -1.07. The van der Waals surface area contributed by atoms with E-state index >= 15 is 0 Å². The standard InChI is InChI=1S/C8H10FN3O2/c9-5(3-10)7(11)12-8(14)6(13)4-1-2-4/h3-4H,1-2,10H2,(H2,11,12,14). The monoisotopic (exact) mass is 199 g/mol. The van der Waals surface area contributed by atoms with E-state index in [9.17, 15) is 14.0 Å². The van der Waals surface area contributed by atoms with Crippen molar-refractivity contribution in [3.63, 3.8) is 0 Å². The van der Waals surface area contributed by atoms with Crippen molar-refractivity contribution < 1.29 is 14.0 Å². The van der Waals surface area contributed by atoms with E-state index in [-0.39, 0.29) is 5.92 Å². The molecule has 0 saturated heterocycles. The van der Waals surface area contributed by atoms with Crippen molar-refractivity contribution in [2.24, 2.45) is 11.7 Å². The maximum absolute atomic E-state index is 12.6. The molecule has 1 fully saturated rings. The first kappa shape index (κ1) is 10.4. The van der Waals surface area contributed by atoms with E-state index in [0.717, 1.165) is 0 Å². The van der Waals surface area contributed by atoms with Crippen LogP contribution < -0.4 is 11.1 Å². The van der Waals surface area contributed by atoms with Crippen LogP contribution in [0.4, 0.5) is 4.39 Å². The molecule has 6 heteroatoms. The third kappa shape index (κ3) is 2.38. The van der Waals surface area contributed by atoms with Gasteiger partial charge in [0.1, 0.15) is 0 Å². The number of nitrogens with one attached hydrogen (secondary N) is 2. The SMILES string of the molecule is N=C(NC(=O)C(=O)C1CC1)C(F)=CN. The van der Waals surface area contributed by atoms with Crippen molar-refractivity contribution in [3.05, 3.63) is 12.0 Å². The minimum Gasteiger partial charge on any atom is -0.402 e. The highest BCUT2D eigenvalue weighted by Gasteiger charge is 2.34. The minimum absolute atomic E-state index is 0.243. The quantitative estimate of drug-likeness (QED) is 0.334. The van der Waals surface area contributed by atoms with E-state index in [4.69, 9.17) is 11.1 Å². The topological polar surface area (TPSA) is 96.0 Å². The molecule has 1 rings (SSSR count). The number of Topliss-reactive ketones (excluding diaryl/α,β-unsaturated/α-hetero) is 1. The molecule has 0 atom stereocenters. The normalized spacial score (nSPS) is 16.2. The van der Waals surface area contributed by atoms with Crippen LogP contribution in [0, 0.1) is 11.3 Å². The number of amidine groups is 1. The maximum Gasteiger partial charge on any atom is 0.293 e. The van der Waals surface area contributed by atoms with Crippen LogP contribution in [0.15, 0.2) is 12.0 Å². The summed E-state index contributed by atoms with van der Waals surface area (Å²) < 4.78 is 12.6. The summed E-state index contributed by atoms with van der Waals surface area (Å²) in [6.07, 6.45) is 1.92. The molecule has 0 unspecified atom stereocenters. The largest absolute Gasteiger partial charge is 0.402 e. The van der Waals surface area contributed by atoms with Gasteiger partial charge in [0.05, 0.1) is 0 Å². The van der Waals surface area contributed by atoms with Crippen LogP contribution in [0.1, 0.15) is 12.8 Å². The Kier molecular flexibility index (Phi) is 2.95. The number of amides is 1. The summed E-state index contributed by atoms with van der Waals surface area (Å²) in [6, 6.07) is 0. The molecule has 14 heavy (non-hydrogen) atoms. The predicted molar refractivity (Wildman–Crippen MR) is 47.0 cm³/mol. The van der Waals surface area contributed by atoms with Crippen LogP contribution in [-0.4, -0.2) is 17.5 Å². The lowest BCUT2D eigenvalue weighted by atomic mass is 10.2. The molecule has 1 aliphatic rings. The van der Waals surface area contributed by atoms with Gasteiger partial charge in [-0.1, -0.05) is 0 Å². The average Bonchev–Trinajstić information content (AvgIpc) is 2.98. The number of nitrogens with two attached hydrogens (primary N) is 1. The first-order valence-electron chi connectivity index (χ1n) is 4.07. The summed E-state index contributed by atoms with van der Waals surface area (Å²) in [7, 11) is 0. The molecule has 5 nitrogen and oxygen atoms in total. The molecular weight excluding hydrogens is 189 g/mol. The summed E-state index contributed by atoms with van der Waals surface area (Å²) in [4.78, 5) is 22.1. The average molecular weight is 199 g/mol. The molecule has 0 aromatic rings. The fourth-order valence-corrected chi connectivity index (χ4v) is 0.849. The Labute approximate surface area is 79.7 Å². The van der Waals surface area contributed by atoms with E-state index in [1.54, 1.807) is 0 Å². The van der Waals surface area contributed by atoms with E-state index < -0.39 is 23.4 Å². The van der Waals surface area contributed by atoms with Gasteiger partial charge in [-0.3, -0.25) is 15.0 Å². The second-order valence-electron chi connectivity index (χ2n) is 2.98. The highest BCUT2D eigenvalue weighted by atomic mass is 19.1. The zero-order chi connectivity index (χ0) is 10.7. The molecule has 0 bridgehead atoms. The Morgan fingerprint density at radius 3 is 2.50 bits per heavy atom. The number of carbonyl (C=O) groups excluding carboxylic acids is 2. The van der Waals surface area contributed by atoms with E-state index in [1.165, 1.54) is 0 Å². The van der Waals surface area contributed by atoms with Crippen molar-refractivity contribution in [1.29, 1.82) is 5.41 Å². The number of carbonyl (C=O) groups is 2. The van der Waals surface area contributed by atoms with Crippen LogP contribution in [0.2, 0.25) is 0 Å². The smallest absolute Gasteiger partial charge is 0.293 e. The van der Waals surface area contributed by atoms with E-state index in [1.807, 2.05) is 5.32 Å². The number of hydrogen-bond acceptors (Lipinski definition) is 4. The molecule has 4 N–H and O–H groups in total. The van der Waals surface area contributed by atoms with Gasteiger partial charge >= 0.3 is 0 Å². The maximum atomic E-state index is 12.6. The molecule has 0 aromatic heterocycles. The Morgan fingerprint density at radius 1 is 1.50 bits per heavy atom. The summed E-state index contributed by atoms with van der Waals surface area (Å²) >= 11 is 0. The number of hydrogen-bond donors (Lipinski definition) is 3. The molecule has 1 amide bonds. The Morgan fingerprint density at radius 2 is 2.07 bits per heavy atom. The Balaban J connectivity index is 2.47. The second-order valence-corrected chi connectivity index (χ2v) is 2.98. The molecule has 0 aliphatic heterocycles. The molecule has 0 aromatic carbocycles. The van der Waals surface area contributed by atoms with Crippen LogP contribution in [-0.2, 0) is 9.59 Å². The van der Waals surface area contributed by atoms with Crippen molar-refractivity contribution in [1.82, 2.24) is 5.32 Å². The Hall–Kier alpha value is -1.72. The zero-order valence-corrected chi connectivity index (χ0v) is 7.34. The predicted octanol–water partition coefficient (Wildman–Crippen LogP) is -0.171. The first-order chi connectivity index (χ1) is 6.56. The van der Waals surface area contributed by atoms with E-state index in [2.05, 4.69) is 0 Å². The lowest BCUT2D eigenvalue weighted by molar-refractivity contribution is -0.137. The van der Waals surface area contributed by atoms with Gasteiger partial charge in [-0.25, -0.2) is 4.39 Å². The van der Waals surface area contributed by atoms with Crippen molar-refractivity contribution in [3.8, 4) is 0 Å². The third-order valence-electron chi connectivity index (χ3n) is 1.80. The highest BCUT2D eigenvalue weighted by molar-refractivity contribution is 6.40. The molecule has 1 saturated carbocycles. The van der Waals surface area contributed by atoms with Crippen LogP contribution in [0.25, 0.3) is 0 Å². The molecule has 1 aliphatic carbocycles. The highest BCUT2D eigenvalue weighted by Crippen LogP contribution is 2.29. The van der Waals surface area contributed by atoms with Crippen LogP contribution in [0.3, 0.4) is 0 Å².